The van der Waals surface area contributed by atoms with E-state index in [0.29, 0.717) is 5.37 Å². The molecule has 2 rings (SSSR count). The zero-order chi connectivity index (χ0) is 9.42. The second-order valence-electron chi connectivity index (χ2n) is 3.38. The van der Waals surface area contributed by atoms with Crippen LogP contribution in [0.15, 0.2) is 28.1 Å². The minimum Gasteiger partial charge on any atom is -0.275 e. The van der Waals surface area contributed by atoms with E-state index in [1.807, 2.05) is 11.8 Å². The monoisotopic (exact) mass is 191 g/mol. The van der Waals surface area contributed by atoms with Crippen LogP contribution in [0.4, 0.5) is 0 Å². The molecule has 0 spiro atoms. The van der Waals surface area contributed by atoms with Gasteiger partial charge < -0.3 is 0 Å². The van der Waals surface area contributed by atoms with Crippen molar-refractivity contribution in [2.45, 2.75) is 31.0 Å². The largest absolute Gasteiger partial charge is 0.275 e. The third-order valence-electron chi connectivity index (χ3n) is 2.27. The summed E-state index contributed by atoms with van der Waals surface area (Å²) < 4.78 is 0. The number of hydrogen-bond donors (Lipinski definition) is 0. The Morgan fingerprint density at radius 3 is 2.85 bits per heavy atom. The Labute approximate surface area is 83.3 Å². The molecule has 1 aliphatic rings. The van der Waals surface area contributed by atoms with E-state index in [-0.39, 0.29) is 0 Å². The first-order valence-corrected chi connectivity index (χ1v) is 5.37. The molecule has 1 aromatic rings. The van der Waals surface area contributed by atoms with E-state index in [1.54, 1.807) is 0 Å². The standard InChI is InChI=1S/C11H13NS/c1-7-5-4-6-10-11(7)8(2)12-9(3)13-10/h4-6,9H,1-3H3. The van der Waals surface area contributed by atoms with Crippen molar-refractivity contribution in [3.05, 3.63) is 29.3 Å². The van der Waals surface area contributed by atoms with Crippen molar-refractivity contribution >= 4 is 17.5 Å². The molecular formula is C11H13NS. The van der Waals surface area contributed by atoms with Crippen LogP contribution in [0.2, 0.25) is 0 Å². The molecule has 0 aliphatic carbocycles. The van der Waals surface area contributed by atoms with Gasteiger partial charge in [0.25, 0.3) is 0 Å². The number of rotatable bonds is 0. The van der Waals surface area contributed by atoms with Gasteiger partial charge in [-0.3, -0.25) is 4.99 Å². The maximum Gasteiger partial charge on any atom is 0.0972 e. The Kier molecular flexibility index (Phi) is 2.16. The molecule has 0 radical (unpaired) electrons. The molecule has 0 saturated heterocycles. The van der Waals surface area contributed by atoms with Gasteiger partial charge in [0, 0.05) is 16.2 Å². The normalized spacial score (nSPS) is 20.8. The van der Waals surface area contributed by atoms with E-state index >= 15 is 0 Å². The molecule has 0 fully saturated rings. The van der Waals surface area contributed by atoms with Gasteiger partial charge in [0.1, 0.15) is 0 Å². The molecule has 2 heteroatoms. The van der Waals surface area contributed by atoms with Crippen molar-refractivity contribution in [2.75, 3.05) is 0 Å². The molecule has 0 amide bonds. The van der Waals surface area contributed by atoms with Crippen molar-refractivity contribution < 1.29 is 0 Å². The molecular weight excluding hydrogens is 178 g/mol. The first-order chi connectivity index (χ1) is 6.18. The second-order valence-corrected chi connectivity index (χ2v) is 4.74. The highest BCUT2D eigenvalue weighted by Gasteiger charge is 2.16. The van der Waals surface area contributed by atoms with Crippen LogP contribution in [-0.2, 0) is 0 Å². The van der Waals surface area contributed by atoms with Crippen LogP contribution in [0, 0.1) is 6.92 Å². The van der Waals surface area contributed by atoms with Crippen LogP contribution in [0.1, 0.15) is 25.0 Å². The average molecular weight is 191 g/mol. The molecule has 0 saturated carbocycles. The van der Waals surface area contributed by atoms with E-state index in [0.717, 1.165) is 0 Å². The first-order valence-electron chi connectivity index (χ1n) is 4.49. The number of hydrogen-bond acceptors (Lipinski definition) is 2. The molecule has 1 aliphatic heterocycles. The van der Waals surface area contributed by atoms with Gasteiger partial charge in [0.2, 0.25) is 0 Å². The topological polar surface area (TPSA) is 12.4 Å². The van der Waals surface area contributed by atoms with E-state index in [9.17, 15) is 0 Å². The highest BCUT2D eigenvalue weighted by atomic mass is 32.2. The quantitative estimate of drug-likeness (QED) is 0.613. The summed E-state index contributed by atoms with van der Waals surface area (Å²) in [7, 11) is 0. The van der Waals surface area contributed by atoms with E-state index < -0.39 is 0 Å². The van der Waals surface area contributed by atoms with Crippen molar-refractivity contribution in [1.29, 1.82) is 0 Å². The van der Waals surface area contributed by atoms with Gasteiger partial charge >= 0.3 is 0 Å². The first kappa shape index (κ1) is 8.82. The minimum atomic E-state index is 0.370. The van der Waals surface area contributed by atoms with Gasteiger partial charge in [0.05, 0.1) is 5.37 Å². The molecule has 1 nitrogen and oxygen atoms in total. The SMILES string of the molecule is CC1=NC(C)Sc2cccc(C)c21. The van der Waals surface area contributed by atoms with Gasteiger partial charge in [-0.05, 0) is 32.4 Å². The Bertz CT molecular complexity index is 368. The van der Waals surface area contributed by atoms with E-state index in [4.69, 9.17) is 0 Å². The average Bonchev–Trinajstić information content (AvgIpc) is 2.02. The Hall–Kier alpha value is -0.760. The maximum atomic E-state index is 4.56. The number of benzene rings is 1. The summed E-state index contributed by atoms with van der Waals surface area (Å²) in [6.45, 7) is 6.38. The molecule has 0 bridgehead atoms. The highest BCUT2D eigenvalue weighted by molar-refractivity contribution is 8.00. The van der Waals surface area contributed by atoms with Gasteiger partial charge in [-0.25, -0.2) is 0 Å². The Morgan fingerprint density at radius 2 is 2.08 bits per heavy atom. The second kappa shape index (κ2) is 3.18. The number of nitrogens with zero attached hydrogens (tertiary/aromatic N) is 1. The third kappa shape index (κ3) is 1.51. The molecule has 1 heterocycles. The van der Waals surface area contributed by atoms with Crippen molar-refractivity contribution in [2.24, 2.45) is 4.99 Å². The molecule has 0 N–H and O–H groups in total. The molecule has 1 atom stereocenters. The zero-order valence-corrected chi connectivity index (χ0v) is 8.98. The molecule has 1 unspecified atom stereocenters. The van der Waals surface area contributed by atoms with Crippen LogP contribution in [0.3, 0.4) is 0 Å². The van der Waals surface area contributed by atoms with Gasteiger partial charge in [-0.1, -0.05) is 23.9 Å². The van der Waals surface area contributed by atoms with Crippen molar-refractivity contribution in [3.8, 4) is 0 Å². The summed E-state index contributed by atoms with van der Waals surface area (Å²) in [4.78, 5) is 5.94. The minimum absolute atomic E-state index is 0.370. The van der Waals surface area contributed by atoms with Crippen molar-refractivity contribution in [3.63, 3.8) is 0 Å². The van der Waals surface area contributed by atoms with Gasteiger partial charge in [-0.2, -0.15) is 0 Å². The summed E-state index contributed by atoms with van der Waals surface area (Å²) in [5.74, 6) is 0. The summed E-state index contributed by atoms with van der Waals surface area (Å²) >= 11 is 1.84. The smallest absolute Gasteiger partial charge is 0.0972 e. The summed E-state index contributed by atoms with van der Waals surface area (Å²) in [5.41, 5.74) is 3.85. The number of aliphatic imine (C=N–C) groups is 1. The molecule has 68 valence electrons. The van der Waals surface area contributed by atoms with Crippen LogP contribution < -0.4 is 0 Å². The maximum absolute atomic E-state index is 4.56. The molecule has 0 aromatic heterocycles. The lowest BCUT2D eigenvalue weighted by molar-refractivity contribution is 1.02. The molecule has 1 aromatic carbocycles. The third-order valence-corrected chi connectivity index (χ3v) is 3.31. The number of thioether (sulfide) groups is 1. The summed E-state index contributed by atoms with van der Waals surface area (Å²) in [5, 5.41) is 0.370. The lowest BCUT2D eigenvalue weighted by atomic mass is 10.0. The fourth-order valence-corrected chi connectivity index (χ4v) is 2.91. The number of aryl methyl sites for hydroxylation is 1. The Balaban J connectivity index is 2.60. The predicted octanol–water partition coefficient (Wildman–Crippen LogP) is 3.26. The van der Waals surface area contributed by atoms with Crippen LogP contribution in [0.25, 0.3) is 0 Å². The Morgan fingerprint density at radius 1 is 1.31 bits per heavy atom. The highest BCUT2D eigenvalue weighted by Crippen LogP contribution is 2.33. The zero-order valence-electron chi connectivity index (χ0n) is 8.16. The lowest BCUT2D eigenvalue weighted by Gasteiger charge is -2.20. The van der Waals surface area contributed by atoms with Crippen molar-refractivity contribution in [1.82, 2.24) is 0 Å². The van der Waals surface area contributed by atoms with E-state index in [2.05, 4.69) is 44.0 Å². The van der Waals surface area contributed by atoms with Crippen LogP contribution >= 0.6 is 11.8 Å². The van der Waals surface area contributed by atoms with Gasteiger partial charge in [-0.15, -0.1) is 0 Å². The predicted molar refractivity (Wildman–Crippen MR) is 58.7 cm³/mol. The number of fused-ring (bicyclic) bond motifs is 1. The summed E-state index contributed by atoms with van der Waals surface area (Å²) in [6, 6.07) is 6.45. The lowest BCUT2D eigenvalue weighted by Crippen LogP contribution is -2.10. The van der Waals surface area contributed by atoms with Crippen LogP contribution in [-0.4, -0.2) is 11.1 Å². The summed E-state index contributed by atoms with van der Waals surface area (Å²) in [6.07, 6.45) is 0. The molecule has 13 heavy (non-hydrogen) atoms. The fourth-order valence-electron chi connectivity index (χ4n) is 1.75. The van der Waals surface area contributed by atoms with Gasteiger partial charge in [0.15, 0.2) is 0 Å². The fraction of sp³-hybridized carbons (Fsp3) is 0.364. The van der Waals surface area contributed by atoms with Crippen LogP contribution in [0.5, 0.6) is 0 Å². The van der Waals surface area contributed by atoms with E-state index in [1.165, 1.54) is 21.7 Å².